The Bertz CT molecular complexity index is 504. The molecule has 0 aromatic heterocycles. The maximum absolute atomic E-state index is 11.8. The number of alkyl halides is 3. The highest BCUT2D eigenvalue weighted by atomic mass is 79.9. The number of halogens is 5. The van der Waals surface area contributed by atoms with Gasteiger partial charge in [0.1, 0.15) is 0 Å². The molecule has 0 saturated carbocycles. The van der Waals surface area contributed by atoms with Gasteiger partial charge >= 0.3 is 0 Å². The number of benzene rings is 1. The van der Waals surface area contributed by atoms with Crippen LogP contribution in [0.4, 0.5) is 5.69 Å². The molecular formula is C7H4Br2Cl3NO2S. The van der Waals surface area contributed by atoms with E-state index in [-0.39, 0.29) is 4.90 Å². The van der Waals surface area contributed by atoms with Crippen LogP contribution in [0.25, 0.3) is 0 Å². The summed E-state index contributed by atoms with van der Waals surface area (Å²) in [6.45, 7) is 0. The second-order valence-electron chi connectivity index (χ2n) is 2.75. The van der Waals surface area contributed by atoms with Crippen LogP contribution in [0.15, 0.2) is 26.0 Å². The van der Waals surface area contributed by atoms with E-state index >= 15 is 0 Å². The minimum atomic E-state index is -4.06. The number of anilines is 1. The van der Waals surface area contributed by atoms with Crippen molar-refractivity contribution in [1.29, 1.82) is 0 Å². The number of hydrogen-bond donors (Lipinski definition) is 1. The molecule has 0 bridgehead atoms. The first kappa shape index (κ1) is 14.9. The molecule has 0 heterocycles. The van der Waals surface area contributed by atoms with Crippen LogP contribution in [-0.2, 0) is 9.84 Å². The fraction of sp³-hybridized carbons (Fsp3) is 0.143. The predicted molar refractivity (Wildman–Crippen MR) is 73.7 cm³/mol. The average molecular weight is 432 g/mol. The summed E-state index contributed by atoms with van der Waals surface area (Å²) in [4.78, 5) is -0.138. The lowest BCUT2D eigenvalue weighted by Crippen LogP contribution is -2.19. The van der Waals surface area contributed by atoms with Gasteiger partial charge in [0, 0.05) is 8.95 Å². The number of nitrogens with two attached hydrogens (primary N) is 1. The van der Waals surface area contributed by atoms with Gasteiger partial charge in [0.05, 0.1) is 10.6 Å². The first-order valence-corrected chi connectivity index (χ1v) is 7.83. The summed E-state index contributed by atoms with van der Waals surface area (Å²) in [7, 11) is -4.06. The molecule has 0 aliphatic carbocycles. The molecule has 0 fully saturated rings. The zero-order valence-electron chi connectivity index (χ0n) is 7.35. The Morgan fingerprint density at radius 2 is 1.50 bits per heavy atom. The van der Waals surface area contributed by atoms with E-state index in [1.54, 1.807) is 0 Å². The third kappa shape index (κ3) is 2.79. The standard InChI is InChI=1S/C7H4Br2Cl3NO2S/c8-4-1-3(2-5(9)6(4)13)16(14,15)7(10,11)12/h1-2H,13H2. The average Bonchev–Trinajstić information content (AvgIpc) is 2.11. The summed E-state index contributed by atoms with van der Waals surface area (Å²) in [6, 6.07) is 2.55. The first-order chi connectivity index (χ1) is 7.07. The van der Waals surface area contributed by atoms with Gasteiger partial charge in [-0.3, -0.25) is 0 Å². The van der Waals surface area contributed by atoms with Crippen LogP contribution in [-0.4, -0.2) is 11.5 Å². The van der Waals surface area contributed by atoms with Crippen LogP contribution in [0, 0.1) is 0 Å². The van der Waals surface area contributed by atoms with Crippen molar-refractivity contribution in [2.24, 2.45) is 0 Å². The van der Waals surface area contributed by atoms with Crippen LogP contribution in [0.5, 0.6) is 0 Å². The number of hydrogen-bond acceptors (Lipinski definition) is 3. The van der Waals surface area contributed by atoms with Crippen molar-refractivity contribution >= 4 is 82.2 Å². The fourth-order valence-electron chi connectivity index (χ4n) is 0.850. The van der Waals surface area contributed by atoms with Gasteiger partial charge in [-0.05, 0) is 44.0 Å². The summed E-state index contributed by atoms with van der Waals surface area (Å²) in [6.07, 6.45) is 0. The van der Waals surface area contributed by atoms with Gasteiger partial charge in [-0.1, -0.05) is 34.8 Å². The van der Waals surface area contributed by atoms with Gasteiger partial charge in [-0.2, -0.15) is 0 Å². The summed E-state index contributed by atoms with van der Waals surface area (Å²) in [5, 5.41) is 0. The second kappa shape index (κ2) is 4.82. The maximum Gasteiger partial charge on any atom is 0.296 e. The molecule has 0 aliphatic heterocycles. The molecule has 16 heavy (non-hydrogen) atoms. The fourth-order valence-corrected chi connectivity index (χ4v) is 3.95. The zero-order valence-corrected chi connectivity index (χ0v) is 13.6. The van der Waals surface area contributed by atoms with Gasteiger partial charge in [0.15, 0.2) is 0 Å². The van der Waals surface area contributed by atoms with Crippen molar-refractivity contribution in [3.8, 4) is 0 Å². The van der Waals surface area contributed by atoms with Crippen molar-refractivity contribution in [1.82, 2.24) is 0 Å². The first-order valence-electron chi connectivity index (χ1n) is 3.63. The molecule has 0 saturated heterocycles. The Hall–Kier alpha value is 0.800. The number of sulfone groups is 1. The Morgan fingerprint density at radius 1 is 1.12 bits per heavy atom. The molecule has 1 aromatic carbocycles. The molecule has 0 spiro atoms. The molecule has 0 aliphatic rings. The summed E-state index contributed by atoms with van der Waals surface area (Å²) in [5.41, 5.74) is 5.98. The van der Waals surface area contributed by atoms with E-state index in [0.29, 0.717) is 14.6 Å². The highest BCUT2D eigenvalue weighted by molar-refractivity contribution is 9.11. The minimum Gasteiger partial charge on any atom is -0.397 e. The maximum atomic E-state index is 11.8. The number of rotatable bonds is 1. The Kier molecular flexibility index (Phi) is 4.48. The third-order valence-corrected chi connectivity index (χ3v) is 6.27. The van der Waals surface area contributed by atoms with Crippen LogP contribution in [0.1, 0.15) is 0 Å². The van der Waals surface area contributed by atoms with E-state index in [4.69, 9.17) is 40.5 Å². The topological polar surface area (TPSA) is 60.2 Å². The van der Waals surface area contributed by atoms with Crippen LogP contribution in [0.2, 0.25) is 0 Å². The van der Waals surface area contributed by atoms with E-state index in [2.05, 4.69) is 31.9 Å². The van der Waals surface area contributed by atoms with E-state index in [0.717, 1.165) is 0 Å². The molecule has 90 valence electrons. The monoisotopic (exact) mass is 429 g/mol. The van der Waals surface area contributed by atoms with E-state index in [1.807, 2.05) is 0 Å². The number of nitrogen functional groups attached to an aromatic ring is 1. The van der Waals surface area contributed by atoms with Gasteiger partial charge in [-0.25, -0.2) is 8.42 Å². The quantitative estimate of drug-likeness (QED) is 0.541. The molecule has 1 rings (SSSR count). The van der Waals surface area contributed by atoms with Crippen molar-refractivity contribution in [2.45, 2.75) is 8.02 Å². The normalized spacial score (nSPS) is 12.8. The van der Waals surface area contributed by atoms with Crippen molar-refractivity contribution in [3.63, 3.8) is 0 Å². The van der Waals surface area contributed by atoms with Crippen LogP contribution in [0.3, 0.4) is 0 Å². The van der Waals surface area contributed by atoms with Crippen molar-refractivity contribution in [2.75, 3.05) is 5.73 Å². The molecule has 3 nitrogen and oxygen atoms in total. The van der Waals surface area contributed by atoms with Crippen molar-refractivity contribution in [3.05, 3.63) is 21.1 Å². The molecule has 0 amide bonds. The smallest absolute Gasteiger partial charge is 0.296 e. The lowest BCUT2D eigenvalue weighted by Gasteiger charge is -2.13. The van der Waals surface area contributed by atoms with E-state index in [9.17, 15) is 8.42 Å². The van der Waals surface area contributed by atoms with Crippen LogP contribution < -0.4 is 5.73 Å². The Balaban J connectivity index is 3.49. The molecule has 0 unspecified atom stereocenters. The van der Waals surface area contributed by atoms with E-state index < -0.39 is 13.0 Å². The summed E-state index contributed by atoms with van der Waals surface area (Å²) in [5.74, 6) is 0. The lowest BCUT2D eigenvalue weighted by molar-refractivity contribution is 0.596. The Labute approximate surface area is 124 Å². The zero-order chi connectivity index (χ0) is 12.7. The lowest BCUT2D eigenvalue weighted by atomic mass is 10.3. The second-order valence-corrected chi connectivity index (χ2v) is 9.50. The van der Waals surface area contributed by atoms with Gasteiger partial charge in [0.2, 0.25) is 9.84 Å². The summed E-state index contributed by atoms with van der Waals surface area (Å²) < 4.78 is 22.0. The van der Waals surface area contributed by atoms with E-state index in [1.165, 1.54) is 12.1 Å². The molecule has 0 radical (unpaired) electrons. The minimum absolute atomic E-state index is 0.138. The third-order valence-electron chi connectivity index (χ3n) is 1.67. The molecule has 9 heteroatoms. The van der Waals surface area contributed by atoms with Gasteiger partial charge in [-0.15, -0.1) is 0 Å². The molecular weight excluding hydrogens is 428 g/mol. The SMILES string of the molecule is Nc1c(Br)cc(S(=O)(=O)C(Cl)(Cl)Cl)cc1Br. The molecule has 2 N–H and O–H groups in total. The van der Waals surface area contributed by atoms with Crippen molar-refractivity contribution < 1.29 is 8.42 Å². The molecule has 1 aromatic rings. The Morgan fingerprint density at radius 3 is 1.81 bits per heavy atom. The largest absolute Gasteiger partial charge is 0.397 e. The summed E-state index contributed by atoms with van der Waals surface area (Å²) >= 11 is 22.4. The highest BCUT2D eigenvalue weighted by Crippen LogP contribution is 2.40. The predicted octanol–water partition coefficient (Wildman–Crippen LogP) is 3.90. The van der Waals surface area contributed by atoms with Crippen LogP contribution >= 0.6 is 66.7 Å². The van der Waals surface area contributed by atoms with Gasteiger partial charge in [0.25, 0.3) is 3.12 Å². The highest BCUT2D eigenvalue weighted by Gasteiger charge is 2.39. The molecule has 0 atom stereocenters. The van der Waals surface area contributed by atoms with Gasteiger partial charge < -0.3 is 5.73 Å².